The summed E-state index contributed by atoms with van der Waals surface area (Å²) < 4.78 is 5.32. The molecule has 0 unspecified atom stereocenters. The number of hydrogen-bond acceptors (Lipinski definition) is 7. The summed E-state index contributed by atoms with van der Waals surface area (Å²) in [6.45, 7) is 4.69. The highest BCUT2D eigenvalue weighted by molar-refractivity contribution is 6.12. The molecule has 0 aromatic carbocycles. The number of nitrogens with one attached hydrogen (secondary N) is 2. The van der Waals surface area contributed by atoms with Crippen LogP contribution in [-0.4, -0.2) is 59.6 Å². The normalized spacial score (nSPS) is 13.1. The highest BCUT2D eigenvalue weighted by Crippen LogP contribution is 2.05. The van der Waals surface area contributed by atoms with Crippen molar-refractivity contribution in [2.45, 2.75) is 13.8 Å². The molecule has 138 valence electrons. The van der Waals surface area contributed by atoms with Crippen molar-refractivity contribution >= 4 is 29.3 Å². The molecule has 3 amide bonds. The third kappa shape index (κ3) is 5.78. The molecule has 0 spiro atoms. The lowest BCUT2D eigenvalue weighted by atomic mass is 10.2. The van der Waals surface area contributed by atoms with Gasteiger partial charge in [-0.3, -0.25) is 24.7 Å². The van der Waals surface area contributed by atoms with Gasteiger partial charge in [-0.05, 0) is 26.0 Å². The number of rotatable bonds is 9. The average Bonchev–Trinajstić information content (AvgIpc) is 2.94. The summed E-state index contributed by atoms with van der Waals surface area (Å²) in [6.07, 6.45) is 3.91. The maximum absolute atomic E-state index is 12.0. The summed E-state index contributed by atoms with van der Waals surface area (Å²) in [5.74, 6) is -0.391. The van der Waals surface area contributed by atoms with Gasteiger partial charge in [0, 0.05) is 30.6 Å². The third-order valence-electron chi connectivity index (χ3n) is 3.31. The number of pyridine rings is 1. The molecule has 0 bridgehead atoms. The summed E-state index contributed by atoms with van der Waals surface area (Å²) in [5.41, 5.74) is 4.06. The lowest BCUT2D eigenvalue weighted by Gasteiger charge is -2.13. The van der Waals surface area contributed by atoms with E-state index in [1.165, 1.54) is 18.3 Å². The average molecular weight is 359 g/mol. The van der Waals surface area contributed by atoms with E-state index in [0.29, 0.717) is 17.9 Å². The lowest BCUT2D eigenvalue weighted by molar-refractivity contribution is -0.137. The Bertz CT molecular complexity index is 705. The largest absolute Gasteiger partial charge is 0.378 e. The Hall–Kier alpha value is -3.07. The quantitative estimate of drug-likeness (QED) is 0.288. The van der Waals surface area contributed by atoms with Gasteiger partial charge in [-0.15, -0.1) is 0 Å². The molecule has 0 atom stereocenters. The van der Waals surface area contributed by atoms with Crippen molar-refractivity contribution in [3.63, 3.8) is 0 Å². The van der Waals surface area contributed by atoms with Gasteiger partial charge >= 0.3 is 0 Å². The first-order chi connectivity index (χ1) is 12.5. The van der Waals surface area contributed by atoms with Crippen LogP contribution in [0.25, 0.3) is 0 Å². The van der Waals surface area contributed by atoms with E-state index >= 15 is 0 Å². The minimum atomic E-state index is -0.336. The Morgan fingerprint density at radius 2 is 1.92 bits per heavy atom. The van der Waals surface area contributed by atoms with E-state index in [0.717, 1.165) is 10.6 Å². The van der Waals surface area contributed by atoms with E-state index in [2.05, 4.69) is 20.8 Å². The second kappa shape index (κ2) is 9.42. The van der Waals surface area contributed by atoms with Crippen LogP contribution >= 0.6 is 0 Å². The van der Waals surface area contributed by atoms with Gasteiger partial charge in [-0.25, -0.2) is 4.98 Å². The SMILES string of the molecule is CC(C)=NNc1ccc(C(=O)NCCOCCN2C(=O)C=CC2=O)cn1. The monoisotopic (exact) mass is 359 g/mol. The highest BCUT2D eigenvalue weighted by Gasteiger charge is 2.22. The number of hydrogen-bond donors (Lipinski definition) is 2. The molecule has 0 radical (unpaired) electrons. The number of imide groups is 1. The maximum Gasteiger partial charge on any atom is 0.253 e. The number of carbonyl (C=O) groups is 3. The zero-order valence-electron chi connectivity index (χ0n) is 14.7. The number of amides is 3. The highest BCUT2D eigenvalue weighted by atomic mass is 16.5. The van der Waals surface area contributed by atoms with Gasteiger partial charge in [-0.2, -0.15) is 5.10 Å². The van der Waals surface area contributed by atoms with Crippen molar-refractivity contribution in [1.29, 1.82) is 0 Å². The van der Waals surface area contributed by atoms with Crippen molar-refractivity contribution < 1.29 is 19.1 Å². The van der Waals surface area contributed by atoms with E-state index in [9.17, 15) is 14.4 Å². The molecule has 9 heteroatoms. The van der Waals surface area contributed by atoms with E-state index in [-0.39, 0.29) is 37.5 Å². The summed E-state index contributed by atoms with van der Waals surface area (Å²) in [4.78, 5) is 39.9. The van der Waals surface area contributed by atoms with Crippen LogP contribution in [0.2, 0.25) is 0 Å². The molecule has 9 nitrogen and oxygen atoms in total. The molecule has 0 saturated heterocycles. The third-order valence-corrected chi connectivity index (χ3v) is 3.31. The molecule has 1 aromatic heterocycles. The Labute approximate surface area is 151 Å². The van der Waals surface area contributed by atoms with Crippen LogP contribution < -0.4 is 10.7 Å². The second-order valence-corrected chi connectivity index (χ2v) is 5.63. The van der Waals surface area contributed by atoms with Gasteiger partial charge in [0.25, 0.3) is 17.7 Å². The molecule has 2 heterocycles. The Kier molecular flexibility index (Phi) is 6.98. The molecule has 1 aromatic rings. The van der Waals surface area contributed by atoms with Crippen molar-refractivity contribution in [2.24, 2.45) is 5.10 Å². The fourth-order valence-electron chi connectivity index (χ4n) is 2.01. The standard InChI is InChI=1S/C17H21N5O4/c1-12(2)20-21-14-4-3-13(11-19-14)17(25)18-7-9-26-10-8-22-15(23)5-6-16(22)24/h3-6,11H,7-10H2,1-2H3,(H,18,25)(H,19,21). The van der Waals surface area contributed by atoms with Crippen molar-refractivity contribution in [1.82, 2.24) is 15.2 Å². The molecule has 26 heavy (non-hydrogen) atoms. The van der Waals surface area contributed by atoms with Gasteiger partial charge in [0.2, 0.25) is 0 Å². The predicted molar refractivity (Wildman–Crippen MR) is 95.7 cm³/mol. The fraction of sp³-hybridized carbons (Fsp3) is 0.353. The maximum atomic E-state index is 12.0. The number of ether oxygens (including phenoxy) is 1. The van der Waals surface area contributed by atoms with Crippen molar-refractivity contribution in [3.8, 4) is 0 Å². The number of carbonyl (C=O) groups excluding carboxylic acids is 3. The van der Waals surface area contributed by atoms with Crippen molar-refractivity contribution in [3.05, 3.63) is 36.0 Å². The Balaban J connectivity index is 1.63. The first-order valence-electron chi connectivity index (χ1n) is 8.10. The Morgan fingerprint density at radius 1 is 1.19 bits per heavy atom. The summed E-state index contributed by atoms with van der Waals surface area (Å²) in [5, 5.41) is 6.73. The van der Waals surface area contributed by atoms with Crippen LogP contribution in [0.3, 0.4) is 0 Å². The molecule has 0 aliphatic carbocycles. The van der Waals surface area contributed by atoms with E-state index in [4.69, 9.17) is 4.74 Å². The number of hydrazone groups is 1. The zero-order valence-corrected chi connectivity index (χ0v) is 14.7. The first-order valence-corrected chi connectivity index (χ1v) is 8.10. The van der Waals surface area contributed by atoms with Gasteiger partial charge in [0.1, 0.15) is 5.82 Å². The summed E-state index contributed by atoms with van der Waals surface area (Å²) in [7, 11) is 0. The topological polar surface area (TPSA) is 113 Å². The second-order valence-electron chi connectivity index (χ2n) is 5.63. The van der Waals surface area contributed by atoms with Crippen LogP contribution in [0.1, 0.15) is 24.2 Å². The molecule has 0 fully saturated rings. The van der Waals surface area contributed by atoms with Crippen LogP contribution in [0.4, 0.5) is 5.82 Å². The van der Waals surface area contributed by atoms with E-state index in [1.54, 1.807) is 12.1 Å². The molecule has 1 aliphatic rings. The molecule has 0 saturated carbocycles. The molecule has 2 rings (SSSR count). The zero-order chi connectivity index (χ0) is 18.9. The van der Waals surface area contributed by atoms with Crippen LogP contribution in [0.5, 0.6) is 0 Å². The lowest BCUT2D eigenvalue weighted by Crippen LogP contribution is -2.34. The van der Waals surface area contributed by atoms with Crippen LogP contribution in [0, 0.1) is 0 Å². The van der Waals surface area contributed by atoms with Gasteiger partial charge in [-0.1, -0.05) is 0 Å². The van der Waals surface area contributed by atoms with Gasteiger partial charge in [0.15, 0.2) is 0 Å². The molecular weight excluding hydrogens is 338 g/mol. The minimum absolute atomic E-state index is 0.191. The van der Waals surface area contributed by atoms with Crippen LogP contribution in [0.15, 0.2) is 35.6 Å². The number of nitrogens with zero attached hydrogens (tertiary/aromatic N) is 3. The molecular formula is C17H21N5O4. The molecule has 2 N–H and O–H groups in total. The summed E-state index contributed by atoms with van der Waals surface area (Å²) >= 11 is 0. The van der Waals surface area contributed by atoms with E-state index < -0.39 is 0 Å². The van der Waals surface area contributed by atoms with Gasteiger partial charge < -0.3 is 10.1 Å². The van der Waals surface area contributed by atoms with Crippen molar-refractivity contribution in [2.75, 3.05) is 31.7 Å². The number of anilines is 1. The summed E-state index contributed by atoms with van der Waals surface area (Å²) in [6, 6.07) is 3.31. The minimum Gasteiger partial charge on any atom is -0.378 e. The fourth-order valence-corrected chi connectivity index (χ4v) is 2.01. The Morgan fingerprint density at radius 3 is 2.54 bits per heavy atom. The van der Waals surface area contributed by atoms with Gasteiger partial charge in [0.05, 0.1) is 25.3 Å². The first kappa shape index (κ1) is 19.3. The van der Waals surface area contributed by atoms with Crippen LogP contribution in [-0.2, 0) is 14.3 Å². The predicted octanol–water partition coefficient (Wildman–Crippen LogP) is 0.561. The number of aromatic nitrogens is 1. The molecule has 1 aliphatic heterocycles. The smallest absolute Gasteiger partial charge is 0.253 e. The van der Waals surface area contributed by atoms with E-state index in [1.807, 2.05) is 13.8 Å².